The summed E-state index contributed by atoms with van der Waals surface area (Å²) >= 11 is 0. The second-order valence-electron chi connectivity index (χ2n) is 14.6. The molecule has 0 unspecified atom stereocenters. The first-order valence-corrected chi connectivity index (χ1v) is 19.1. The maximum absolute atomic E-state index is 5.33. The van der Waals surface area contributed by atoms with Gasteiger partial charge in [0, 0.05) is 49.3 Å². The van der Waals surface area contributed by atoms with Crippen LogP contribution >= 0.6 is 0 Å². The quantitative estimate of drug-likeness (QED) is 0.170. The first-order valence-electron chi connectivity index (χ1n) is 19.1. The Bertz CT molecular complexity index is 3480. The maximum atomic E-state index is 5.33. The van der Waals surface area contributed by atoms with Crippen molar-refractivity contribution in [1.82, 2.24) is 19.1 Å². The molecular formula is C52H32N4. The normalized spacial score (nSPS) is 11.9. The standard InChI is InChI=1S/C52H32N4/c1-2-13-33(14-3-1)34-25-27-36(28-26-34)55-45-23-10-8-21-42(45)49-47(55)29-30-48-50(49)43-22-9-11-24-46(43)56(48)37-16-12-15-35(31-37)44-32-53-51-40-19-6-4-17-38(40)39-18-5-7-20-41(39)52(51)54-44/h1-32H. The highest BCUT2D eigenvalue weighted by Crippen LogP contribution is 2.43. The van der Waals surface area contributed by atoms with Crippen LogP contribution in [0.5, 0.6) is 0 Å². The van der Waals surface area contributed by atoms with Crippen molar-refractivity contribution in [3.63, 3.8) is 0 Å². The summed E-state index contributed by atoms with van der Waals surface area (Å²) in [7, 11) is 0. The van der Waals surface area contributed by atoms with Crippen molar-refractivity contribution in [3.8, 4) is 33.8 Å². The number of hydrogen-bond donors (Lipinski definition) is 0. The first-order chi connectivity index (χ1) is 27.8. The minimum absolute atomic E-state index is 0.851. The summed E-state index contributed by atoms with van der Waals surface area (Å²) in [4.78, 5) is 10.4. The largest absolute Gasteiger partial charge is 0.309 e. The van der Waals surface area contributed by atoms with E-state index in [-0.39, 0.29) is 0 Å². The van der Waals surface area contributed by atoms with E-state index < -0.39 is 0 Å². The van der Waals surface area contributed by atoms with Crippen LogP contribution in [0.2, 0.25) is 0 Å². The maximum Gasteiger partial charge on any atom is 0.0979 e. The van der Waals surface area contributed by atoms with Crippen LogP contribution in [0.25, 0.3) is 110 Å². The van der Waals surface area contributed by atoms with Crippen LogP contribution in [0.15, 0.2) is 194 Å². The number of para-hydroxylation sites is 2. The SMILES string of the molecule is c1ccc(-c2ccc(-n3c4ccccc4c4c5c6ccccc6n(-c6cccc(-c7cnc8c9ccccc9c9ccccc9c8n7)c6)c5ccc43)cc2)cc1. The summed E-state index contributed by atoms with van der Waals surface area (Å²) < 4.78 is 4.82. The lowest BCUT2D eigenvalue weighted by molar-refractivity contribution is 1.17. The Hall–Kier alpha value is -7.56. The predicted octanol–water partition coefficient (Wildman–Crippen LogP) is 13.5. The molecule has 0 aliphatic heterocycles. The summed E-state index contributed by atoms with van der Waals surface area (Å²) in [6, 6.07) is 67.5. The highest BCUT2D eigenvalue weighted by atomic mass is 15.0. The van der Waals surface area contributed by atoms with Gasteiger partial charge in [-0.15, -0.1) is 0 Å². The van der Waals surface area contributed by atoms with Crippen LogP contribution in [0.3, 0.4) is 0 Å². The molecule has 0 aliphatic rings. The molecule has 260 valence electrons. The summed E-state index contributed by atoms with van der Waals surface area (Å²) in [6.45, 7) is 0. The summed E-state index contributed by atoms with van der Waals surface area (Å²) in [6.07, 6.45) is 1.93. The summed E-state index contributed by atoms with van der Waals surface area (Å²) in [5, 5.41) is 9.61. The van der Waals surface area contributed by atoms with Gasteiger partial charge in [0.25, 0.3) is 0 Å². The van der Waals surface area contributed by atoms with Gasteiger partial charge in [0.05, 0.1) is 45.0 Å². The van der Waals surface area contributed by atoms with Crippen LogP contribution in [0.4, 0.5) is 0 Å². The van der Waals surface area contributed by atoms with Crippen molar-refractivity contribution in [2.45, 2.75) is 0 Å². The van der Waals surface area contributed by atoms with Gasteiger partial charge < -0.3 is 9.13 Å². The van der Waals surface area contributed by atoms with Gasteiger partial charge in [-0.1, -0.05) is 140 Å². The smallest absolute Gasteiger partial charge is 0.0979 e. The van der Waals surface area contributed by atoms with E-state index in [0.717, 1.165) is 44.4 Å². The van der Waals surface area contributed by atoms with Gasteiger partial charge in [-0.3, -0.25) is 4.98 Å². The van der Waals surface area contributed by atoms with E-state index in [2.05, 4.69) is 197 Å². The molecular weight excluding hydrogens is 681 g/mol. The fourth-order valence-corrected chi connectivity index (χ4v) is 9.07. The lowest BCUT2D eigenvalue weighted by atomic mass is 9.99. The zero-order chi connectivity index (χ0) is 36.7. The van der Waals surface area contributed by atoms with Gasteiger partial charge in [0.15, 0.2) is 0 Å². The molecule has 0 radical (unpaired) electrons. The van der Waals surface area contributed by atoms with Crippen molar-refractivity contribution >= 4 is 76.2 Å². The molecule has 0 fully saturated rings. The molecule has 12 rings (SSSR count). The van der Waals surface area contributed by atoms with Gasteiger partial charge in [0.2, 0.25) is 0 Å². The number of fused-ring (bicyclic) bond motifs is 13. The molecule has 3 aromatic heterocycles. The lowest BCUT2D eigenvalue weighted by Crippen LogP contribution is -1.96. The topological polar surface area (TPSA) is 35.6 Å². The van der Waals surface area contributed by atoms with E-state index in [0.29, 0.717) is 0 Å². The first kappa shape index (κ1) is 30.9. The Morgan fingerprint density at radius 3 is 1.46 bits per heavy atom. The van der Waals surface area contributed by atoms with Crippen molar-refractivity contribution < 1.29 is 0 Å². The second kappa shape index (κ2) is 12.0. The van der Waals surface area contributed by atoms with E-state index in [1.165, 1.54) is 65.5 Å². The van der Waals surface area contributed by atoms with Crippen LogP contribution < -0.4 is 0 Å². The van der Waals surface area contributed by atoms with Crippen LogP contribution in [0, 0.1) is 0 Å². The van der Waals surface area contributed by atoms with Gasteiger partial charge in [-0.25, -0.2) is 4.98 Å². The summed E-state index contributed by atoms with van der Waals surface area (Å²) in [5.41, 5.74) is 13.1. The predicted molar refractivity (Wildman–Crippen MR) is 234 cm³/mol. The monoisotopic (exact) mass is 712 g/mol. The molecule has 0 saturated heterocycles. The molecule has 0 amide bonds. The van der Waals surface area contributed by atoms with Crippen LogP contribution in [0.1, 0.15) is 0 Å². The van der Waals surface area contributed by atoms with Crippen LogP contribution in [-0.4, -0.2) is 19.1 Å². The van der Waals surface area contributed by atoms with E-state index >= 15 is 0 Å². The van der Waals surface area contributed by atoms with Crippen molar-refractivity contribution in [3.05, 3.63) is 194 Å². The molecule has 0 atom stereocenters. The van der Waals surface area contributed by atoms with Gasteiger partial charge in [-0.2, -0.15) is 0 Å². The number of benzene rings is 9. The third-order valence-corrected chi connectivity index (χ3v) is 11.5. The molecule has 3 heterocycles. The number of nitrogens with zero attached hydrogens (tertiary/aromatic N) is 4. The fraction of sp³-hybridized carbons (Fsp3) is 0. The average Bonchev–Trinajstić information content (AvgIpc) is 3.80. The highest BCUT2D eigenvalue weighted by molar-refractivity contribution is 6.29. The number of rotatable bonds is 4. The van der Waals surface area contributed by atoms with E-state index in [4.69, 9.17) is 9.97 Å². The Morgan fingerprint density at radius 1 is 0.321 bits per heavy atom. The van der Waals surface area contributed by atoms with Gasteiger partial charge >= 0.3 is 0 Å². The Kier molecular flexibility index (Phi) is 6.60. The molecule has 9 aromatic carbocycles. The van der Waals surface area contributed by atoms with Gasteiger partial charge in [-0.05, 0) is 70.4 Å². The van der Waals surface area contributed by atoms with Crippen LogP contribution in [-0.2, 0) is 0 Å². The van der Waals surface area contributed by atoms with Crippen molar-refractivity contribution in [1.29, 1.82) is 0 Å². The molecule has 0 spiro atoms. The molecule has 0 aliphatic carbocycles. The minimum atomic E-state index is 0.851. The van der Waals surface area contributed by atoms with E-state index in [9.17, 15) is 0 Å². The Labute approximate surface area is 322 Å². The molecule has 56 heavy (non-hydrogen) atoms. The molecule has 4 heteroatoms. The zero-order valence-electron chi connectivity index (χ0n) is 30.3. The zero-order valence-corrected chi connectivity index (χ0v) is 30.3. The molecule has 0 N–H and O–H groups in total. The Balaban J connectivity index is 1.06. The number of hydrogen-bond acceptors (Lipinski definition) is 2. The average molecular weight is 713 g/mol. The van der Waals surface area contributed by atoms with Crippen molar-refractivity contribution in [2.75, 3.05) is 0 Å². The summed E-state index contributed by atoms with van der Waals surface area (Å²) in [5.74, 6) is 0. The molecule has 0 saturated carbocycles. The van der Waals surface area contributed by atoms with E-state index in [1.54, 1.807) is 0 Å². The molecule has 4 nitrogen and oxygen atoms in total. The third-order valence-electron chi connectivity index (χ3n) is 11.5. The van der Waals surface area contributed by atoms with Crippen molar-refractivity contribution in [2.24, 2.45) is 0 Å². The minimum Gasteiger partial charge on any atom is -0.309 e. The Morgan fingerprint density at radius 2 is 0.821 bits per heavy atom. The number of aromatic nitrogens is 4. The van der Waals surface area contributed by atoms with E-state index in [1.807, 2.05) is 6.20 Å². The third kappa shape index (κ3) is 4.47. The molecule has 0 bridgehead atoms. The van der Waals surface area contributed by atoms with Gasteiger partial charge in [0.1, 0.15) is 0 Å². The second-order valence-corrected chi connectivity index (χ2v) is 14.6. The highest BCUT2D eigenvalue weighted by Gasteiger charge is 2.21. The molecule has 12 aromatic rings. The fourth-order valence-electron chi connectivity index (χ4n) is 9.07. The lowest BCUT2D eigenvalue weighted by Gasteiger charge is -2.12.